The molecule has 1 fully saturated rings. The molecule has 78 valence electrons. The van der Waals surface area contributed by atoms with Gasteiger partial charge in [0.05, 0.1) is 0 Å². The van der Waals surface area contributed by atoms with Crippen molar-refractivity contribution in [2.75, 3.05) is 0 Å². The van der Waals surface area contributed by atoms with Crippen molar-refractivity contribution >= 4 is 0 Å². The molecule has 0 heteroatoms. The van der Waals surface area contributed by atoms with E-state index in [4.69, 9.17) is 0 Å². The first kappa shape index (κ1) is 10.2. The van der Waals surface area contributed by atoms with Gasteiger partial charge in [-0.15, -0.1) is 0 Å². The van der Waals surface area contributed by atoms with Crippen molar-refractivity contribution in [1.29, 1.82) is 0 Å². The van der Waals surface area contributed by atoms with Crippen LogP contribution in [-0.4, -0.2) is 0 Å². The Bertz CT molecular complexity index is 392. The summed E-state index contributed by atoms with van der Waals surface area (Å²) in [7, 11) is 0. The molecule has 1 saturated carbocycles. The number of hydrogen-bond donors (Lipinski definition) is 0. The van der Waals surface area contributed by atoms with E-state index in [1.54, 1.807) is 0 Å². The van der Waals surface area contributed by atoms with Crippen LogP contribution in [0, 0.1) is 5.41 Å². The summed E-state index contributed by atoms with van der Waals surface area (Å²) >= 11 is 0. The van der Waals surface area contributed by atoms with Gasteiger partial charge in [-0.3, -0.25) is 0 Å². The van der Waals surface area contributed by atoms with E-state index in [1.807, 2.05) is 12.2 Å². The average molecular weight is 198 g/mol. The van der Waals surface area contributed by atoms with Crippen molar-refractivity contribution in [3.8, 4) is 0 Å². The summed E-state index contributed by atoms with van der Waals surface area (Å²) in [5, 5.41) is 0. The molecular formula is C15H18. The van der Waals surface area contributed by atoms with Crippen LogP contribution in [-0.2, 0) is 0 Å². The maximum absolute atomic E-state index is 4.22. The van der Waals surface area contributed by atoms with E-state index in [-0.39, 0.29) is 5.41 Å². The van der Waals surface area contributed by atoms with Gasteiger partial charge in [-0.2, -0.15) is 0 Å². The fraction of sp³-hybridized carbons (Fsp3) is 0.333. The molecule has 2 aliphatic rings. The molecule has 0 bridgehead atoms. The van der Waals surface area contributed by atoms with E-state index >= 15 is 0 Å². The summed E-state index contributed by atoms with van der Waals surface area (Å²) < 4.78 is 0. The van der Waals surface area contributed by atoms with Gasteiger partial charge < -0.3 is 0 Å². The van der Waals surface area contributed by atoms with Gasteiger partial charge in [-0.05, 0) is 42.4 Å². The van der Waals surface area contributed by atoms with Crippen molar-refractivity contribution < 1.29 is 0 Å². The number of allylic oxidation sites excluding steroid dienone is 6. The highest BCUT2D eigenvalue weighted by molar-refractivity contribution is 5.53. The van der Waals surface area contributed by atoms with Crippen LogP contribution in [0.25, 0.3) is 0 Å². The van der Waals surface area contributed by atoms with E-state index < -0.39 is 0 Å². The lowest BCUT2D eigenvalue weighted by molar-refractivity contribution is 0.447. The zero-order valence-electron chi connectivity index (χ0n) is 9.31. The van der Waals surface area contributed by atoms with Gasteiger partial charge in [-0.25, -0.2) is 0 Å². The van der Waals surface area contributed by atoms with E-state index in [2.05, 4.69) is 26.3 Å². The molecule has 2 aliphatic carbocycles. The Balaban J connectivity index is 2.52. The summed E-state index contributed by atoms with van der Waals surface area (Å²) in [4.78, 5) is 0. The minimum atomic E-state index is 0.155. The topological polar surface area (TPSA) is 0 Å². The van der Waals surface area contributed by atoms with E-state index in [0.717, 1.165) is 25.7 Å². The molecular weight excluding hydrogens is 180 g/mol. The molecule has 0 heterocycles. The van der Waals surface area contributed by atoms with Crippen LogP contribution in [0.4, 0.5) is 0 Å². The van der Waals surface area contributed by atoms with E-state index in [1.165, 1.54) is 22.3 Å². The summed E-state index contributed by atoms with van der Waals surface area (Å²) in [5.41, 5.74) is 5.30. The molecule has 0 saturated heterocycles. The Morgan fingerprint density at radius 3 is 2.13 bits per heavy atom. The normalized spacial score (nSPS) is 30.4. The lowest BCUT2D eigenvalue weighted by atomic mass is 9.76. The Kier molecular flexibility index (Phi) is 2.30. The Morgan fingerprint density at radius 2 is 1.67 bits per heavy atom. The Labute approximate surface area is 92.4 Å². The van der Waals surface area contributed by atoms with Gasteiger partial charge in [0, 0.05) is 5.41 Å². The molecule has 0 aliphatic heterocycles. The van der Waals surface area contributed by atoms with Crippen LogP contribution < -0.4 is 0 Å². The SMILES string of the molecule is C=CC1=C(C=C)C2(CCC(=C)C2=C)CC1. The third kappa shape index (κ3) is 1.21. The molecule has 0 aromatic carbocycles. The second kappa shape index (κ2) is 3.37. The summed E-state index contributed by atoms with van der Waals surface area (Å²) in [6.07, 6.45) is 8.47. The lowest BCUT2D eigenvalue weighted by Gasteiger charge is -2.27. The first-order chi connectivity index (χ1) is 7.15. The van der Waals surface area contributed by atoms with Crippen LogP contribution >= 0.6 is 0 Å². The fourth-order valence-electron chi connectivity index (χ4n) is 3.04. The lowest BCUT2D eigenvalue weighted by Crippen LogP contribution is -2.16. The van der Waals surface area contributed by atoms with Gasteiger partial charge in [-0.1, -0.05) is 44.0 Å². The van der Waals surface area contributed by atoms with Crippen molar-refractivity contribution in [1.82, 2.24) is 0 Å². The minimum absolute atomic E-state index is 0.155. The van der Waals surface area contributed by atoms with Crippen molar-refractivity contribution in [2.24, 2.45) is 5.41 Å². The molecule has 0 radical (unpaired) electrons. The van der Waals surface area contributed by atoms with E-state index in [0.29, 0.717) is 0 Å². The number of rotatable bonds is 2. The third-order valence-electron chi connectivity index (χ3n) is 3.99. The van der Waals surface area contributed by atoms with Crippen LogP contribution in [0.5, 0.6) is 0 Å². The zero-order chi connectivity index (χ0) is 11.1. The van der Waals surface area contributed by atoms with E-state index in [9.17, 15) is 0 Å². The molecule has 0 amide bonds. The summed E-state index contributed by atoms with van der Waals surface area (Å²) in [6, 6.07) is 0. The summed E-state index contributed by atoms with van der Waals surface area (Å²) in [6.45, 7) is 16.1. The highest BCUT2D eigenvalue weighted by atomic mass is 14.5. The maximum Gasteiger partial charge on any atom is 0.0208 e. The minimum Gasteiger partial charge on any atom is -0.0988 e. The van der Waals surface area contributed by atoms with Crippen LogP contribution in [0.3, 0.4) is 0 Å². The predicted octanol–water partition coefficient (Wildman–Crippen LogP) is 4.34. The average Bonchev–Trinajstić information content (AvgIpc) is 2.75. The van der Waals surface area contributed by atoms with Gasteiger partial charge in [0.2, 0.25) is 0 Å². The quantitative estimate of drug-likeness (QED) is 0.619. The molecule has 15 heavy (non-hydrogen) atoms. The van der Waals surface area contributed by atoms with Crippen LogP contribution in [0.1, 0.15) is 25.7 Å². The first-order valence-electron chi connectivity index (χ1n) is 5.52. The molecule has 1 atom stereocenters. The molecule has 0 aromatic heterocycles. The largest absolute Gasteiger partial charge is 0.0988 e. The maximum atomic E-state index is 4.22. The molecule has 0 N–H and O–H groups in total. The van der Waals surface area contributed by atoms with Crippen molar-refractivity contribution in [3.05, 3.63) is 60.8 Å². The second-order valence-corrected chi connectivity index (χ2v) is 4.51. The molecule has 1 spiro atoms. The van der Waals surface area contributed by atoms with Crippen molar-refractivity contribution in [3.63, 3.8) is 0 Å². The monoisotopic (exact) mass is 198 g/mol. The number of hydrogen-bond acceptors (Lipinski definition) is 0. The third-order valence-corrected chi connectivity index (χ3v) is 3.99. The highest BCUT2D eigenvalue weighted by Crippen LogP contribution is 2.58. The molecule has 2 rings (SSSR count). The highest BCUT2D eigenvalue weighted by Gasteiger charge is 2.44. The Hall–Kier alpha value is -1.30. The van der Waals surface area contributed by atoms with Gasteiger partial charge in [0.15, 0.2) is 0 Å². The van der Waals surface area contributed by atoms with Crippen molar-refractivity contribution in [2.45, 2.75) is 25.7 Å². The fourth-order valence-corrected chi connectivity index (χ4v) is 3.04. The molecule has 1 unspecified atom stereocenters. The summed E-state index contributed by atoms with van der Waals surface area (Å²) in [5.74, 6) is 0. The van der Waals surface area contributed by atoms with Gasteiger partial charge in [0.25, 0.3) is 0 Å². The molecule has 0 nitrogen and oxygen atoms in total. The van der Waals surface area contributed by atoms with Crippen LogP contribution in [0.15, 0.2) is 60.8 Å². The van der Waals surface area contributed by atoms with Gasteiger partial charge >= 0.3 is 0 Å². The first-order valence-corrected chi connectivity index (χ1v) is 5.52. The van der Waals surface area contributed by atoms with Gasteiger partial charge in [0.1, 0.15) is 0 Å². The second-order valence-electron chi connectivity index (χ2n) is 4.51. The Morgan fingerprint density at radius 1 is 1.00 bits per heavy atom. The smallest absolute Gasteiger partial charge is 0.0208 e. The standard InChI is InChI=1S/C15H18/c1-5-13-8-10-15(14(13)6-2)9-7-11(3)12(15)4/h5-6H,1-4,7-10H2. The molecule has 0 aromatic rings. The van der Waals surface area contributed by atoms with Crippen LogP contribution in [0.2, 0.25) is 0 Å². The predicted molar refractivity (Wildman–Crippen MR) is 66.6 cm³/mol. The zero-order valence-corrected chi connectivity index (χ0v) is 9.31.